The second-order valence-corrected chi connectivity index (χ2v) is 14.4. The molecule has 3 atom stereocenters. The first kappa shape index (κ1) is 48.2. The van der Waals surface area contributed by atoms with Crippen molar-refractivity contribution in [2.24, 2.45) is 0 Å². The van der Waals surface area contributed by atoms with E-state index in [1.165, 1.54) is 38.5 Å². The summed E-state index contributed by atoms with van der Waals surface area (Å²) in [6.07, 6.45) is 34.0. The molecule has 0 aliphatic rings. The minimum Gasteiger partial charge on any atom is -0.462 e. The van der Waals surface area contributed by atoms with Gasteiger partial charge in [-0.05, 0) is 70.6 Å². The molecule has 3 N–H and O–H groups in total. The molecule has 0 fully saturated rings. The molecule has 1 unspecified atom stereocenters. The molecule has 292 valence electrons. The number of rotatable bonds is 36. The van der Waals surface area contributed by atoms with E-state index >= 15 is 0 Å². The maximum absolute atomic E-state index is 12.5. The van der Waals surface area contributed by atoms with E-state index in [0.717, 1.165) is 83.5 Å². The molecule has 0 rings (SSSR count). The molecule has 0 spiro atoms. The Hall–Kier alpha value is -1.81. The van der Waals surface area contributed by atoms with Crippen LogP contribution >= 0.6 is 7.82 Å². The smallest absolute Gasteiger partial charge is 0.462 e. The van der Waals surface area contributed by atoms with Crippen molar-refractivity contribution < 1.29 is 47.8 Å². The Morgan fingerprint density at radius 3 is 1.56 bits per heavy atom. The summed E-state index contributed by atoms with van der Waals surface area (Å²) in [5.74, 6) is -0.954. The molecule has 0 heterocycles. The first-order valence-corrected chi connectivity index (χ1v) is 20.9. The van der Waals surface area contributed by atoms with Gasteiger partial charge < -0.3 is 24.6 Å². The van der Waals surface area contributed by atoms with Crippen molar-refractivity contribution in [1.82, 2.24) is 0 Å². The van der Waals surface area contributed by atoms with Crippen LogP contribution in [0.1, 0.15) is 162 Å². The number of aliphatic hydroxyl groups excluding tert-OH is 2. The minimum absolute atomic E-state index is 0.170. The Kier molecular flexibility index (Phi) is 34.3. The lowest BCUT2D eigenvalue weighted by Gasteiger charge is -2.20. The van der Waals surface area contributed by atoms with Gasteiger partial charge in [-0.3, -0.25) is 18.6 Å². The topological polar surface area (TPSA) is 149 Å². The number of unbranched alkanes of at least 4 members (excludes halogenated alkanes) is 16. The van der Waals surface area contributed by atoms with Crippen molar-refractivity contribution in [1.29, 1.82) is 0 Å². The third-order valence-corrected chi connectivity index (χ3v) is 8.97. The number of aliphatic hydroxyl groups is 2. The number of esters is 2. The molecule has 0 saturated heterocycles. The van der Waals surface area contributed by atoms with Crippen LogP contribution in [-0.4, -0.2) is 65.7 Å². The van der Waals surface area contributed by atoms with E-state index < -0.39 is 51.8 Å². The molecule has 0 amide bonds. The van der Waals surface area contributed by atoms with E-state index in [4.69, 9.17) is 19.1 Å². The molecule has 0 bridgehead atoms. The monoisotopic (exact) mass is 730 g/mol. The molecule has 0 aromatic carbocycles. The summed E-state index contributed by atoms with van der Waals surface area (Å²) < 4.78 is 32.6. The van der Waals surface area contributed by atoms with Crippen molar-refractivity contribution in [2.45, 2.75) is 174 Å². The molecule has 0 aliphatic heterocycles. The van der Waals surface area contributed by atoms with Crippen LogP contribution in [0.25, 0.3) is 0 Å². The largest absolute Gasteiger partial charge is 0.472 e. The molecule has 0 saturated carbocycles. The number of allylic oxidation sites excluding steroid dienone is 6. The summed E-state index contributed by atoms with van der Waals surface area (Å²) in [5.41, 5.74) is 0. The fraction of sp³-hybridized carbons (Fsp3) is 0.795. The third-order valence-electron chi connectivity index (χ3n) is 8.02. The molecule has 0 radical (unpaired) electrons. The van der Waals surface area contributed by atoms with Crippen LogP contribution in [-0.2, 0) is 32.7 Å². The second kappa shape index (κ2) is 35.6. The van der Waals surface area contributed by atoms with Gasteiger partial charge in [-0.1, -0.05) is 115 Å². The Balaban J connectivity index is 4.39. The van der Waals surface area contributed by atoms with Gasteiger partial charge in [0.25, 0.3) is 0 Å². The number of phosphoric ester groups is 1. The normalized spacial score (nSPS) is 14.4. The summed E-state index contributed by atoms with van der Waals surface area (Å²) >= 11 is 0. The average molecular weight is 731 g/mol. The van der Waals surface area contributed by atoms with Crippen LogP contribution < -0.4 is 0 Å². The van der Waals surface area contributed by atoms with E-state index in [1.54, 1.807) is 0 Å². The standard InChI is InChI=1S/C39H71O10P/c1-3-5-7-9-11-13-15-17-18-19-21-22-24-26-28-30-38(42)46-34-37(35-48-50(44,45)47-33-36(41)32-40)49-39(43)31-29-27-25-23-20-16-14-12-10-8-6-4-2/h11-14,17-18,36-37,40-41H,3-10,15-16,19-35H2,1-2H3,(H,44,45)/b13-11+,14-12+,18-17+/t36-,37+/m0/s1. The number of ether oxygens (including phenoxy) is 2. The maximum atomic E-state index is 12.5. The van der Waals surface area contributed by atoms with Crippen LogP contribution in [0.15, 0.2) is 36.5 Å². The molecular formula is C39H71O10P. The predicted molar refractivity (Wildman–Crippen MR) is 201 cm³/mol. The Labute approximate surface area is 303 Å². The van der Waals surface area contributed by atoms with Crippen molar-refractivity contribution in [3.8, 4) is 0 Å². The quantitative estimate of drug-likeness (QED) is 0.0246. The summed E-state index contributed by atoms with van der Waals surface area (Å²) in [6.45, 7) is 2.28. The van der Waals surface area contributed by atoms with Crippen molar-refractivity contribution in [3.63, 3.8) is 0 Å². The van der Waals surface area contributed by atoms with Gasteiger partial charge in [0.1, 0.15) is 12.7 Å². The zero-order chi connectivity index (χ0) is 37.0. The van der Waals surface area contributed by atoms with Gasteiger partial charge in [0.15, 0.2) is 6.10 Å². The van der Waals surface area contributed by atoms with E-state index in [2.05, 4.69) is 54.8 Å². The lowest BCUT2D eigenvalue weighted by Crippen LogP contribution is -2.29. The van der Waals surface area contributed by atoms with Gasteiger partial charge in [0, 0.05) is 12.8 Å². The van der Waals surface area contributed by atoms with Gasteiger partial charge in [-0.15, -0.1) is 0 Å². The summed E-state index contributed by atoms with van der Waals surface area (Å²) in [4.78, 5) is 34.8. The second-order valence-electron chi connectivity index (χ2n) is 12.9. The van der Waals surface area contributed by atoms with Gasteiger partial charge in [-0.2, -0.15) is 0 Å². The van der Waals surface area contributed by atoms with Crippen LogP contribution in [0.3, 0.4) is 0 Å². The van der Waals surface area contributed by atoms with Gasteiger partial charge in [0.2, 0.25) is 0 Å². The van der Waals surface area contributed by atoms with Gasteiger partial charge in [-0.25, -0.2) is 4.57 Å². The predicted octanol–water partition coefficient (Wildman–Crippen LogP) is 9.61. The molecule has 0 aromatic rings. The SMILES string of the molecule is CCCCC/C=C/C/C=C/CCCCCCCC(=O)OC[C@H](COP(=O)(O)OC[C@@H](O)CO)OC(=O)CCCCCCC/C=C/CCCCC. The van der Waals surface area contributed by atoms with Gasteiger partial charge in [0.05, 0.1) is 19.8 Å². The number of phosphoric acid groups is 1. The summed E-state index contributed by atoms with van der Waals surface area (Å²) in [5, 5.41) is 18.3. The Bertz CT molecular complexity index is 936. The van der Waals surface area contributed by atoms with Crippen LogP contribution in [0.2, 0.25) is 0 Å². The zero-order valence-corrected chi connectivity index (χ0v) is 32.3. The summed E-state index contributed by atoms with van der Waals surface area (Å²) in [7, 11) is -4.61. The lowest BCUT2D eigenvalue weighted by atomic mass is 10.1. The van der Waals surface area contributed by atoms with E-state index in [-0.39, 0.29) is 19.4 Å². The lowest BCUT2D eigenvalue weighted by molar-refractivity contribution is -0.161. The Morgan fingerprint density at radius 2 is 1.04 bits per heavy atom. The van der Waals surface area contributed by atoms with Crippen LogP contribution in [0.5, 0.6) is 0 Å². The molecule has 10 nitrogen and oxygen atoms in total. The van der Waals surface area contributed by atoms with Crippen molar-refractivity contribution in [3.05, 3.63) is 36.5 Å². The van der Waals surface area contributed by atoms with Crippen molar-refractivity contribution in [2.75, 3.05) is 26.4 Å². The fourth-order valence-electron chi connectivity index (χ4n) is 4.96. The van der Waals surface area contributed by atoms with Gasteiger partial charge >= 0.3 is 19.8 Å². The fourth-order valence-corrected chi connectivity index (χ4v) is 5.75. The van der Waals surface area contributed by atoms with E-state index in [9.17, 15) is 24.2 Å². The molecule has 11 heteroatoms. The Morgan fingerprint density at radius 1 is 0.600 bits per heavy atom. The van der Waals surface area contributed by atoms with E-state index in [1.807, 2.05) is 0 Å². The third kappa shape index (κ3) is 34.6. The summed E-state index contributed by atoms with van der Waals surface area (Å²) in [6, 6.07) is 0. The molecular weight excluding hydrogens is 659 g/mol. The zero-order valence-electron chi connectivity index (χ0n) is 31.4. The molecule has 0 aliphatic carbocycles. The number of hydrogen-bond acceptors (Lipinski definition) is 9. The molecule has 0 aromatic heterocycles. The minimum atomic E-state index is -4.61. The first-order chi connectivity index (χ1) is 24.2. The first-order valence-electron chi connectivity index (χ1n) is 19.4. The highest BCUT2D eigenvalue weighted by Gasteiger charge is 2.27. The average Bonchev–Trinajstić information content (AvgIpc) is 3.10. The highest BCUT2D eigenvalue weighted by Crippen LogP contribution is 2.43. The maximum Gasteiger partial charge on any atom is 0.472 e. The highest BCUT2D eigenvalue weighted by atomic mass is 31.2. The van der Waals surface area contributed by atoms with E-state index in [0.29, 0.717) is 12.8 Å². The number of hydrogen-bond donors (Lipinski definition) is 3. The number of carbonyl (C=O) groups is 2. The van der Waals surface area contributed by atoms with Crippen molar-refractivity contribution >= 4 is 19.8 Å². The van der Waals surface area contributed by atoms with Crippen LogP contribution in [0.4, 0.5) is 0 Å². The number of carbonyl (C=O) groups excluding carboxylic acids is 2. The van der Waals surface area contributed by atoms with Crippen LogP contribution in [0, 0.1) is 0 Å². The highest BCUT2D eigenvalue weighted by molar-refractivity contribution is 7.47. The molecule has 50 heavy (non-hydrogen) atoms.